The molecule has 3 nitrogen and oxygen atoms in total. The lowest BCUT2D eigenvalue weighted by atomic mass is 10.1. The Balaban J connectivity index is 1.87. The zero-order valence-electron chi connectivity index (χ0n) is 11.9. The monoisotopic (exact) mass is 304 g/mol. The van der Waals surface area contributed by atoms with Crippen LogP contribution in [0.25, 0.3) is 0 Å². The second kappa shape index (κ2) is 4.27. The molecule has 0 fully saturated rings. The van der Waals surface area contributed by atoms with Crippen molar-refractivity contribution >= 4 is 29.0 Å². The van der Waals surface area contributed by atoms with Crippen molar-refractivity contribution in [1.29, 1.82) is 0 Å². The molecule has 0 unspecified atom stereocenters. The van der Waals surface area contributed by atoms with Gasteiger partial charge < -0.3 is 4.74 Å². The Kier molecular flexibility index (Phi) is 2.35. The van der Waals surface area contributed by atoms with Crippen molar-refractivity contribution in [2.24, 2.45) is 0 Å². The van der Waals surface area contributed by atoms with E-state index in [4.69, 9.17) is 4.74 Å². The van der Waals surface area contributed by atoms with Gasteiger partial charge in [0.15, 0.2) is 17.3 Å². The van der Waals surface area contributed by atoms with Crippen molar-refractivity contribution in [2.45, 2.75) is 16.7 Å². The van der Waals surface area contributed by atoms with Gasteiger partial charge in [0.2, 0.25) is 0 Å². The summed E-state index contributed by atoms with van der Waals surface area (Å²) in [6.07, 6.45) is 1.85. The van der Waals surface area contributed by atoms with Gasteiger partial charge in [0.1, 0.15) is 5.69 Å². The van der Waals surface area contributed by atoms with Crippen LogP contribution in [0.2, 0.25) is 0 Å². The predicted octanol–water partition coefficient (Wildman–Crippen LogP) is 5.43. The molecule has 4 heteroatoms. The highest BCUT2D eigenvalue weighted by molar-refractivity contribution is 7.99. The summed E-state index contributed by atoms with van der Waals surface area (Å²) in [6, 6.07) is 16.6. The summed E-state index contributed by atoms with van der Waals surface area (Å²) in [5, 5.41) is 0. The molecule has 0 radical (unpaired) electrons. The molecule has 2 aliphatic rings. The minimum atomic E-state index is 0.874. The van der Waals surface area contributed by atoms with Gasteiger partial charge in [0.25, 0.3) is 0 Å². The number of nitrogens with zero attached hydrogens (tertiary/aromatic N) is 2. The fraction of sp³-hybridized carbons (Fsp3) is 0.0556. The first kappa shape index (κ1) is 12.1. The van der Waals surface area contributed by atoms with E-state index in [9.17, 15) is 0 Å². The molecule has 0 spiro atoms. The molecule has 0 aliphatic carbocycles. The lowest BCUT2D eigenvalue weighted by molar-refractivity contribution is 0.474. The van der Waals surface area contributed by atoms with Crippen LogP contribution in [0.4, 0.5) is 17.2 Å². The van der Waals surface area contributed by atoms with E-state index in [1.807, 2.05) is 30.5 Å². The molecular formula is C18H12N2OS. The number of pyridine rings is 1. The van der Waals surface area contributed by atoms with E-state index in [1.54, 1.807) is 11.8 Å². The first-order valence-corrected chi connectivity index (χ1v) is 7.97. The molecule has 106 valence electrons. The van der Waals surface area contributed by atoms with Crippen LogP contribution in [0, 0.1) is 6.92 Å². The average molecular weight is 304 g/mol. The van der Waals surface area contributed by atoms with E-state index in [2.05, 4.69) is 41.1 Å². The molecule has 5 rings (SSSR count). The van der Waals surface area contributed by atoms with Gasteiger partial charge >= 0.3 is 0 Å². The minimum absolute atomic E-state index is 0.874. The summed E-state index contributed by atoms with van der Waals surface area (Å²) in [4.78, 5) is 9.22. The third kappa shape index (κ3) is 1.56. The molecule has 2 aliphatic heterocycles. The Hall–Kier alpha value is -2.46. The highest BCUT2D eigenvalue weighted by Crippen LogP contribution is 2.58. The van der Waals surface area contributed by atoms with Crippen LogP contribution >= 0.6 is 11.8 Å². The number of hydrogen-bond donors (Lipinski definition) is 0. The van der Waals surface area contributed by atoms with Crippen LogP contribution in [0.3, 0.4) is 0 Å². The third-order valence-corrected chi connectivity index (χ3v) is 5.03. The summed E-state index contributed by atoms with van der Waals surface area (Å²) in [6.45, 7) is 2.10. The van der Waals surface area contributed by atoms with Crippen LogP contribution in [0.1, 0.15) is 5.56 Å². The Morgan fingerprint density at radius 3 is 2.86 bits per heavy atom. The maximum Gasteiger partial charge on any atom is 0.152 e. The van der Waals surface area contributed by atoms with Crippen molar-refractivity contribution in [3.63, 3.8) is 0 Å². The van der Waals surface area contributed by atoms with Gasteiger partial charge in [0, 0.05) is 11.1 Å². The van der Waals surface area contributed by atoms with Crippen LogP contribution in [-0.4, -0.2) is 4.98 Å². The second-order valence-corrected chi connectivity index (χ2v) is 6.52. The number of benzene rings is 2. The van der Waals surface area contributed by atoms with Crippen molar-refractivity contribution in [2.75, 3.05) is 4.90 Å². The SMILES string of the molecule is Cc1ccc2c(c1)N1c3ncccc3Sc3cccc(c31)O2. The smallest absolute Gasteiger partial charge is 0.152 e. The summed E-state index contributed by atoms with van der Waals surface area (Å²) < 4.78 is 6.11. The fourth-order valence-corrected chi connectivity index (χ4v) is 4.04. The van der Waals surface area contributed by atoms with E-state index >= 15 is 0 Å². The molecule has 22 heavy (non-hydrogen) atoms. The second-order valence-electron chi connectivity index (χ2n) is 5.44. The minimum Gasteiger partial charge on any atom is -0.453 e. The number of rotatable bonds is 0. The molecule has 2 aromatic carbocycles. The van der Waals surface area contributed by atoms with Crippen molar-refractivity contribution in [3.8, 4) is 11.5 Å². The summed E-state index contributed by atoms with van der Waals surface area (Å²) in [7, 11) is 0. The number of aryl methyl sites for hydroxylation is 1. The van der Waals surface area contributed by atoms with Gasteiger partial charge in [-0.3, -0.25) is 4.90 Å². The summed E-state index contributed by atoms with van der Waals surface area (Å²) in [5.41, 5.74) is 3.36. The summed E-state index contributed by atoms with van der Waals surface area (Å²) in [5.74, 6) is 2.74. The third-order valence-electron chi connectivity index (χ3n) is 3.94. The predicted molar refractivity (Wildman–Crippen MR) is 87.9 cm³/mol. The zero-order valence-corrected chi connectivity index (χ0v) is 12.7. The van der Waals surface area contributed by atoms with Crippen molar-refractivity contribution in [1.82, 2.24) is 4.98 Å². The zero-order chi connectivity index (χ0) is 14.7. The highest BCUT2D eigenvalue weighted by Gasteiger charge is 2.34. The molecule has 0 atom stereocenters. The van der Waals surface area contributed by atoms with Gasteiger partial charge in [-0.15, -0.1) is 0 Å². The first-order chi connectivity index (χ1) is 10.8. The lowest BCUT2D eigenvalue weighted by Crippen LogP contribution is -2.20. The standard InChI is InChI=1S/C18H12N2OS/c1-11-7-8-13-12(10-11)20-17-14(21-13)4-2-5-15(17)22-16-6-3-9-19-18(16)20/h2-10H,1H3. The van der Waals surface area contributed by atoms with Crippen molar-refractivity contribution < 1.29 is 4.74 Å². The summed E-state index contributed by atoms with van der Waals surface area (Å²) >= 11 is 1.74. The number of para-hydroxylation sites is 1. The Morgan fingerprint density at radius 1 is 1.00 bits per heavy atom. The average Bonchev–Trinajstić information content (AvgIpc) is 2.55. The maximum atomic E-state index is 6.11. The van der Waals surface area contributed by atoms with E-state index in [-0.39, 0.29) is 0 Å². The topological polar surface area (TPSA) is 25.4 Å². The number of aromatic nitrogens is 1. The quantitative estimate of drug-likeness (QED) is 0.381. The normalized spacial score (nSPS) is 13.8. The van der Waals surface area contributed by atoms with Gasteiger partial charge in [-0.1, -0.05) is 23.9 Å². The molecule has 1 aromatic heterocycles. The maximum absolute atomic E-state index is 6.11. The molecule has 0 saturated heterocycles. The van der Waals surface area contributed by atoms with Crippen LogP contribution < -0.4 is 9.64 Å². The number of hydrogen-bond acceptors (Lipinski definition) is 4. The molecule has 3 aromatic rings. The van der Waals surface area contributed by atoms with E-state index in [0.717, 1.165) is 28.7 Å². The first-order valence-electron chi connectivity index (χ1n) is 7.16. The van der Waals surface area contributed by atoms with E-state index < -0.39 is 0 Å². The number of fused-ring (bicyclic) bond motifs is 4. The molecule has 0 amide bonds. The Morgan fingerprint density at radius 2 is 1.91 bits per heavy atom. The Bertz CT molecular complexity index is 908. The number of ether oxygens (including phenoxy) is 1. The fourth-order valence-electron chi connectivity index (χ4n) is 2.98. The molecule has 0 bridgehead atoms. The van der Waals surface area contributed by atoms with Gasteiger partial charge in [0.05, 0.1) is 10.6 Å². The number of anilines is 3. The van der Waals surface area contributed by atoms with Crippen LogP contribution in [-0.2, 0) is 0 Å². The highest BCUT2D eigenvalue weighted by atomic mass is 32.2. The molecule has 0 saturated carbocycles. The van der Waals surface area contributed by atoms with E-state index in [1.165, 1.54) is 15.4 Å². The van der Waals surface area contributed by atoms with Crippen molar-refractivity contribution in [3.05, 3.63) is 60.3 Å². The Labute approximate surface area is 132 Å². The van der Waals surface area contributed by atoms with Gasteiger partial charge in [-0.25, -0.2) is 4.98 Å². The molecule has 3 heterocycles. The van der Waals surface area contributed by atoms with Crippen LogP contribution in [0.5, 0.6) is 11.5 Å². The lowest BCUT2D eigenvalue weighted by Gasteiger charge is -2.37. The van der Waals surface area contributed by atoms with Gasteiger partial charge in [-0.05, 0) is 48.9 Å². The molecular weight excluding hydrogens is 292 g/mol. The van der Waals surface area contributed by atoms with Gasteiger partial charge in [-0.2, -0.15) is 0 Å². The molecule has 0 N–H and O–H groups in total. The largest absolute Gasteiger partial charge is 0.453 e. The van der Waals surface area contributed by atoms with Crippen LogP contribution in [0.15, 0.2) is 64.5 Å². The van der Waals surface area contributed by atoms with E-state index in [0.29, 0.717) is 0 Å².